The van der Waals surface area contributed by atoms with E-state index in [2.05, 4.69) is 50.9 Å². The van der Waals surface area contributed by atoms with Gasteiger partial charge in [0, 0.05) is 39.3 Å². The van der Waals surface area contributed by atoms with Gasteiger partial charge in [-0.2, -0.15) is 0 Å². The van der Waals surface area contributed by atoms with Gasteiger partial charge in [-0.25, -0.2) is 0 Å². The van der Waals surface area contributed by atoms with E-state index in [1.807, 2.05) is 29.2 Å². The molecule has 2 aliphatic rings. The van der Waals surface area contributed by atoms with Gasteiger partial charge >= 0.3 is 0 Å². The first-order valence-electron chi connectivity index (χ1n) is 11.5. The van der Waals surface area contributed by atoms with Crippen LogP contribution >= 0.6 is 24.0 Å². The van der Waals surface area contributed by atoms with E-state index >= 15 is 0 Å². The van der Waals surface area contributed by atoms with Gasteiger partial charge in [0.05, 0.1) is 5.69 Å². The number of nitrogens with zero attached hydrogens (tertiary/aromatic N) is 3. The largest absolute Gasteiger partial charge is 0.482 e. The lowest BCUT2D eigenvalue weighted by Crippen LogP contribution is -2.45. The van der Waals surface area contributed by atoms with Gasteiger partial charge in [-0.3, -0.25) is 14.7 Å². The van der Waals surface area contributed by atoms with Crippen LogP contribution in [-0.4, -0.2) is 62.6 Å². The molecule has 1 fully saturated rings. The Bertz CT molecular complexity index is 924. The fraction of sp³-hybridized carbons (Fsp3) is 0.440. The van der Waals surface area contributed by atoms with Gasteiger partial charge in [-0.05, 0) is 43.5 Å². The summed E-state index contributed by atoms with van der Waals surface area (Å²) in [5.74, 6) is 1.59. The van der Waals surface area contributed by atoms with Crippen LogP contribution in [-0.2, 0) is 11.3 Å². The van der Waals surface area contributed by atoms with Crippen LogP contribution in [0.5, 0.6) is 5.75 Å². The first kappa shape index (κ1) is 25.3. The maximum atomic E-state index is 12.3. The van der Waals surface area contributed by atoms with Crippen molar-refractivity contribution < 1.29 is 9.53 Å². The molecule has 1 saturated heterocycles. The van der Waals surface area contributed by atoms with E-state index in [0.29, 0.717) is 12.6 Å². The molecule has 2 aliphatic heterocycles. The second-order valence-electron chi connectivity index (χ2n) is 8.29. The van der Waals surface area contributed by atoms with Gasteiger partial charge in [0.15, 0.2) is 12.6 Å². The summed E-state index contributed by atoms with van der Waals surface area (Å²) in [7, 11) is 1.80. The number of rotatable bonds is 8. The number of benzene rings is 2. The summed E-state index contributed by atoms with van der Waals surface area (Å²) in [6.07, 6.45) is 3.26. The fourth-order valence-electron chi connectivity index (χ4n) is 4.43. The number of carbonyl (C=O) groups is 1. The second-order valence-corrected chi connectivity index (χ2v) is 8.29. The Morgan fingerprint density at radius 3 is 2.73 bits per heavy atom. The maximum Gasteiger partial charge on any atom is 0.265 e. The van der Waals surface area contributed by atoms with Crippen LogP contribution in [0.3, 0.4) is 0 Å². The molecule has 2 N–H and O–H groups in total. The van der Waals surface area contributed by atoms with Crippen LogP contribution in [0, 0.1) is 0 Å². The highest BCUT2D eigenvalue weighted by Crippen LogP contribution is 2.31. The third-order valence-electron chi connectivity index (χ3n) is 6.12. The summed E-state index contributed by atoms with van der Waals surface area (Å²) in [6.45, 7) is 4.51. The van der Waals surface area contributed by atoms with Gasteiger partial charge in [0.1, 0.15) is 5.75 Å². The number of likely N-dealkylation sites (tertiary alicyclic amines) is 1. The smallest absolute Gasteiger partial charge is 0.265 e. The minimum absolute atomic E-state index is 0. The van der Waals surface area contributed by atoms with Crippen LogP contribution in [0.15, 0.2) is 59.6 Å². The number of ether oxygens (including phenoxy) is 1. The topological polar surface area (TPSA) is 69.2 Å². The minimum atomic E-state index is 0. The molecule has 8 heteroatoms. The van der Waals surface area contributed by atoms with Crippen molar-refractivity contribution in [2.45, 2.75) is 31.8 Å². The van der Waals surface area contributed by atoms with Crippen molar-refractivity contribution in [3.05, 3.63) is 60.2 Å². The summed E-state index contributed by atoms with van der Waals surface area (Å²) in [5.41, 5.74) is 2.21. The van der Waals surface area contributed by atoms with Crippen molar-refractivity contribution in [1.82, 2.24) is 15.5 Å². The quantitative estimate of drug-likeness (QED) is 0.224. The van der Waals surface area contributed by atoms with Crippen molar-refractivity contribution in [1.29, 1.82) is 0 Å². The number of halogens is 1. The summed E-state index contributed by atoms with van der Waals surface area (Å²) in [6, 6.07) is 18.9. The molecule has 0 aromatic heterocycles. The van der Waals surface area contributed by atoms with Crippen molar-refractivity contribution in [2.75, 3.05) is 44.7 Å². The first-order valence-corrected chi connectivity index (χ1v) is 11.5. The van der Waals surface area contributed by atoms with Gasteiger partial charge in [-0.15, -0.1) is 24.0 Å². The van der Waals surface area contributed by atoms with Gasteiger partial charge in [0.25, 0.3) is 5.91 Å². The molecule has 0 spiro atoms. The summed E-state index contributed by atoms with van der Waals surface area (Å²) in [5, 5.41) is 6.87. The zero-order valence-electron chi connectivity index (χ0n) is 19.2. The number of amides is 1. The van der Waals surface area contributed by atoms with E-state index in [4.69, 9.17) is 4.74 Å². The molecule has 1 atom stereocenters. The zero-order chi connectivity index (χ0) is 22.2. The third kappa shape index (κ3) is 6.83. The predicted molar refractivity (Wildman–Crippen MR) is 144 cm³/mol. The average molecular weight is 563 g/mol. The molecule has 7 nitrogen and oxygen atoms in total. The van der Waals surface area contributed by atoms with Crippen LogP contribution in [0.4, 0.5) is 5.69 Å². The normalized spacial score (nSPS) is 18.3. The van der Waals surface area contributed by atoms with E-state index in [1.165, 1.54) is 18.4 Å². The molecule has 0 bridgehead atoms. The third-order valence-corrected chi connectivity index (χ3v) is 6.12. The number of anilines is 1. The number of hydrogen-bond acceptors (Lipinski definition) is 4. The van der Waals surface area contributed by atoms with Crippen molar-refractivity contribution in [2.24, 2.45) is 4.99 Å². The first-order chi connectivity index (χ1) is 15.7. The Balaban J connectivity index is 0.00000306. The number of aliphatic imine (C=N–C) groups is 1. The number of fused-ring (bicyclic) bond motifs is 1. The van der Waals surface area contributed by atoms with Gasteiger partial charge in [-0.1, -0.05) is 42.5 Å². The van der Waals surface area contributed by atoms with E-state index in [0.717, 1.165) is 50.0 Å². The minimum Gasteiger partial charge on any atom is -0.482 e. The lowest BCUT2D eigenvalue weighted by molar-refractivity contribution is -0.121. The lowest BCUT2D eigenvalue weighted by Gasteiger charge is -2.29. The van der Waals surface area contributed by atoms with Crippen molar-refractivity contribution >= 4 is 41.5 Å². The van der Waals surface area contributed by atoms with Gasteiger partial charge in [0.2, 0.25) is 0 Å². The second kappa shape index (κ2) is 12.8. The SMILES string of the molecule is CN=C(NCCCN1C(=O)COc2ccccc21)NCC1CCCN1Cc1ccccc1.I. The van der Waals surface area contributed by atoms with Crippen LogP contribution in [0.25, 0.3) is 0 Å². The number of guanidine groups is 1. The van der Waals surface area contributed by atoms with E-state index in [1.54, 1.807) is 7.05 Å². The Kier molecular flexibility index (Phi) is 9.80. The van der Waals surface area contributed by atoms with E-state index in [-0.39, 0.29) is 36.5 Å². The highest BCUT2D eigenvalue weighted by atomic mass is 127. The van der Waals surface area contributed by atoms with Crippen LogP contribution in [0.1, 0.15) is 24.8 Å². The van der Waals surface area contributed by atoms with Crippen LogP contribution < -0.4 is 20.3 Å². The molecule has 178 valence electrons. The lowest BCUT2D eigenvalue weighted by atomic mass is 10.2. The Morgan fingerprint density at radius 2 is 1.91 bits per heavy atom. The number of para-hydroxylation sites is 2. The van der Waals surface area contributed by atoms with Crippen molar-refractivity contribution in [3.63, 3.8) is 0 Å². The van der Waals surface area contributed by atoms with E-state index in [9.17, 15) is 4.79 Å². The molecule has 2 aromatic rings. The molecule has 1 amide bonds. The standard InChI is InChI=1S/C25H33N5O2.HI/c1-26-25(28-17-21-11-7-15-29(21)18-20-9-3-2-4-10-20)27-14-8-16-30-22-12-5-6-13-23(22)32-19-24(30)31;/h2-6,9-10,12-13,21H,7-8,11,14-19H2,1H3,(H2,26,27,28);1H. The average Bonchev–Trinajstić information content (AvgIpc) is 3.27. The molecule has 2 aromatic carbocycles. The highest BCUT2D eigenvalue weighted by Gasteiger charge is 2.25. The molecular formula is C25H34IN5O2. The number of hydrogen-bond donors (Lipinski definition) is 2. The molecule has 33 heavy (non-hydrogen) atoms. The summed E-state index contributed by atoms with van der Waals surface area (Å²) >= 11 is 0. The predicted octanol–water partition coefficient (Wildman–Crippen LogP) is 3.25. The van der Waals surface area contributed by atoms with Gasteiger partial charge < -0.3 is 20.3 Å². The molecular weight excluding hydrogens is 529 g/mol. The molecule has 2 heterocycles. The molecule has 0 radical (unpaired) electrons. The maximum absolute atomic E-state index is 12.3. The number of carbonyl (C=O) groups excluding carboxylic acids is 1. The molecule has 4 rings (SSSR count). The Labute approximate surface area is 213 Å². The highest BCUT2D eigenvalue weighted by molar-refractivity contribution is 14.0. The molecule has 0 aliphatic carbocycles. The van der Waals surface area contributed by atoms with Crippen molar-refractivity contribution in [3.8, 4) is 5.75 Å². The number of nitrogens with one attached hydrogen (secondary N) is 2. The Hall–Kier alpha value is -2.33. The molecule has 1 unspecified atom stereocenters. The monoisotopic (exact) mass is 563 g/mol. The van der Waals surface area contributed by atoms with Crippen LogP contribution in [0.2, 0.25) is 0 Å². The zero-order valence-corrected chi connectivity index (χ0v) is 21.5. The van der Waals surface area contributed by atoms with E-state index < -0.39 is 0 Å². The fourth-order valence-corrected chi connectivity index (χ4v) is 4.43. The molecule has 0 saturated carbocycles. The summed E-state index contributed by atoms with van der Waals surface area (Å²) < 4.78 is 5.51. The summed E-state index contributed by atoms with van der Waals surface area (Å²) in [4.78, 5) is 21.0. The Morgan fingerprint density at radius 1 is 1.12 bits per heavy atom.